The smallest absolute Gasteiger partial charge is 0.354 e. The zero-order valence-corrected chi connectivity index (χ0v) is 12.3. The van der Waals surface area contributed by atoms with Crippen LogP contribution < -0.4 is 9.80 Å². The van der Waals surface area contributed by atoms with Crippen molar-refractivity contribution in [2.45, 2.75) is 6.42 Å². The molecule has 3 rings (SSSR count). The van der Waals surface area contributed by atoms with Gasteiger partial charge in [0.2, 0.25) is 0 Å². The monoisotopic (exact) mass is 304 g/mol. The van der Waals surface area contributed by atoms with Crippen molar-refractivity contribution in [2.75, 3.05) is 36.0 Å². The summed E-state index contributed by atoms with van der Waals surface area (Å²) >= 11 is 1.65. The van der Waals surface area contributed by atoms with E-state index in [0.717, 1.165) is 43.5 Å². The van der Waals surface area contributed by atoms with Gasteiger partial charge in [0.25, 0.3) is 0 Å². The highest BCUT2D eigenvalue weighted by Gasteiger charge is 2.18. The Morgan fingerprint density at radius 2 is 2.00 bits per heavy atom. The van der Waals surface area contributed by atoms with E-state index in [1.807, 2.05) is 17.6 Å². The standard InChI is InChI=1S/C14H16N4O2S/c19-13(20)11-3-1-4-12(16-11)17-6-2-7-18(9-8-17)14-15-5-10-21-14/h1,3-5,10H,2,6-9H2,(H,19,20). The molecule has 0 aromatic carbocycles. The summed E-state index contributed by atoms with van der Waals surface area (Å²) in [6.07, 6.45) is 2.82. The molecule has 0 saturated carbocycles. The Balaban J connectivity index is 1.73. The predicted octanol–water partition coefficient (Wildman–Crippen LogP) is 1.95. The second-order valence-corrected chi connectivity index (χ2v) is 5.70. The van der Waals surface area contributed by atoms with Gasteiger partial charge in [0.1, 0.15) is 5.82 Å². The van der Waals surface area contributed by atoms with E-state index in [2.05, 4.69) is 19.8 Å². The fourth-order valence-corrected chi connectivity index (χ4v) is 3.13. The minimum absolute atomic E-state index is 0.0912. The first kappa shape index (κ1) is 13.8. The van der Waals surface area contributed by atoms with Crippen LogP contribution in [-0.2, 0) is 0 Å². The largest absolute Gasteiger partial charge is 0.477 e. The van der Waals surface area contributed by atoms with E-state index in [1.165, 1.54) is 6.07 Å². The Bertz CT molecular complexity index is 617. The lowest BCUT2D eigenvalue weighted by Gasteiger charge is -2.22. The number of carbonyl (C=O) groups is 1. The number of nitrogens with zero attached hydrogens (tertiary/aromatic N) is 4. The Hall–Kier alpha value is -2.15. The number of hydrogen-bond acceptors (Lipinski definition) is 6. The molecule has 7 heteroatoms. The van der Waals surface area contributed by atoms with Gasteiger partial charge in [-0.2, -0.15) is 0 Å². The Kier molecular flexibility index (Phi) is 4.01. The molecule has 1 aliphatic heterocycles. The summed E-state index contributed by atoms with van der Waals surface area (Å²) in [5, 5.41) is 12.1. The molecular formula is C14H16N4O2S. The molecule has 0 atom stereocenters. The Morgan fingerprint density at radius 1 is 1.19 bits per heavy atom. The topological polar surface area (TPSA) is 69.6 Å². The summed E-state index contributed by atoms with van der Waals surface area (Å²) in [6, 6.07) is 5.13. The maximum Gasteiger partial charge on any atom is 0.354 e. The molecule has 2 aromatic rings. The quantitative estimate of drug-likeness (QED) is 0.934. The average molecular weight is 304 g/mol. The molecule has 6 nitrogen and oxygen atoms in total. The zero-order chi connectivity index (χ0) is 14.7. The molecule has 1 N–H and O–H groups in total. The van der Waals surface area contributed by atoms with E-state index in [4.69, 9.17) is 5.11 Å². The van der Waals surface area contributed by atoms with Crippen molar-refractivity contribution in [3.05, 3.63) is 35.5 Å². The third kappa shape index (κ3) is 3.13. The van der Waals surface area contributed by atoms with Gasteiger partial charge in [-0.15, -0.1) is 11.3 Å². The highest BCUT2D eigenvalue weighted by atomic mass is 32.1. The van der Waals surface area contributed by atoms with E-state index in [-0.39, 0.29) is 5.69 Å². The number of carboxylic acids is 1. The number of aromatic carboxylic acids is 1. The summed E-state index contributed by atoms with van der Waals surface area (Å²) in [6.45, 7) is 3.52. The number of rotatable bonds is 3. The first-order valence-corrected chi connectivity index (χ1v) is 7.72. The molecule has 0 amide bonds. The van der Waals surface area contributed by atoms with E-state index in [9.17, 15) is 4.79 Å². The van der Waals surface area contributed by atoms with Crippen LogP contribution in [0.15, 0.2) is 29.8 Å². The molecule has 0 bridgehead atoms. The van der Waals surface area contributed by atoms with Crippen molar-refractivity contribution in [2.24, 2.45) is 0 Å². The lowest BCUT2D eigenvalue weighted by Crippen LogP contribution is -2.31. The average Bonchev–Trinajstić information content (AvgIpc) is 2.92. The maximum atomic E-state index is 11.0. The second-order valence-electron chi connectivity index (χ2n) is 4.83. The van der Waals surface area contributed by atoms with E-state index in [0.29, 0.717) is 0 Å². The van der Waals surface area contributed by atoms with Crippen LogP contribution in [0.2, 0.25) is 0 Å². The fourth-order valence-electron chi connectivity index (χ4n) is 2.43. The van der Waals surface area contributed by atoms with Gasteiger partial charge in [0, 0.05) is 37.8 Å². The second kappa shape index (κ2) is 6.09. The Labute approximate surface area is 126 Å². The lowest BCUT2D eigenvalue weighted by molar-refractivity contribution is 0.0690. The highest BCUT2D eigenvalue weighted by Crippen LogP contribution is 2.21. The molecule has 110 valence electrons. The molecule has 1 aliphatic rings. The summed E-state index contributed by atoms with van der Waals surface area (Å²) in [5.74, 6) is -0.257. The molecule has 0 unspecified atom stereocenters. The first-order valence-electron chi connectivity index (χ1n) is 6.84. The molecular weight excluding hydrogens is 288 g/mol. The number of carboxylic acid groups (broad SMARTS) is 1. The predicted molar refractivity (Wildman–Crippen MR) is 82.4 cm³/mol. The van der Waals surface area contributed by atoms with Gasteiger partial charge in [-0.1, -0.05) is 6.07 Å². The molecule has 0 aliphatic carbocycles. The van der Waals surface area contributed by atoms with Gasteiger partial charge < -0.3 is 14.9 Å². The van der Waals surface area contributed by atoms with Gasteiger partial charge in [0.05, 0.1) is 0 Å². The summed E-state index contributed by atoms with van der Waals surface area (Å²) in [4.78, 5) is 24.0. The third-order valence-corrected chi connectivity index (χ3v) is 4.30. The summed E-state index contributed by atoms with van der Waals surface area (Å²) in [5.41, 5.74) is 0.0912. The van der Waals surface area contributed by atoms with Crippen LogP contribution >= 0.6 is 11.3 Å². The molecule has 1 saturated heterocycles. The van der Waals surface area contributed by atoms with Crippen molar-refractivity contribution < 1.29 is 9.90 Å². The number of thiazole rings is 1. The normalized spacial score (nSPS) is 15.8. The summed E-state index contributed by atoms with van der Waals surface area (Å²) in [7, 11) is 0. The van der Waals surface area contributed by atoms with Crippen molar-refractivity contribution in [3.8, 4) is 0 Å². The number of aromatic nitrogens is 2. The minimum atomic E-state index is -0.990. The lowest BCUT2D eigenvalue weighted by atomic mass is 10.3. The number of anilines is 2. The van der Waals surface area contributed by atoms with Crippen LogP contribution in [0.5, 0.6) is 0 Å². The van der Waals surface area contributed by atoms with Crippen LogP contribution in [0.1, 0.15) is 16.9 Å². The van der Waals surface area contributed by atoms with Crippen LogP contribution in [0.25, 0.3) is 0 Å². The van der Waals surface area contributed by atoms with Gasteiger partial charge >= 0.3 is 5.97 Å². The maximum absolute atomic E-state index is 11.0. The van der Waals surface area contributed by atoms with Crippen molar-refractivity contribution >= 4 is 28.3 Å². The molecule has 0 radical (unpaired) electrons. The number of pyridine rings is 1. The molecule has 1 fully saturated rings. The van der Waals surface area contributed by atoms with Gasteiger partial charge in [-0.05, 0) is 18.6 Å². The highest BCUT2D eigenvalue weighted by molar-refractivity contribution is 7.13. The van der Waals surface area contributed by atoms with Crippen LogP contribution in [-0.4, -0.2) is 47.2 Å². The van der Waals surface area contributed by atoms with E-state index in [1.54, 1.807) is 17.4 Å². The molecule has 3 heterocycles. The van der Waals surface area contributed by atoms with Crippen LogP contribution in [0, 0.1) is 0 Å². The van der Waals surface area contributed by atoms with Gasteiger partial charge in [0.15, 0.2) is 10.8 Å². The number of hydrogen-bond donors (Lipinski definition) is 1. The SMILES string of the molecule is O=C(O)c1cccc(N2CCCN(c3nccs3)CC2)n1. The summed E-state index contributed by atoms with van der Waals surface area (Å²) < 4.78 is 0. The van der Waals surface area contributed by atoms with Crippen LogP contribution in [0.3, 0.4) is 0 Å². The molecule has 0 spiro atoms. The third-order valence-electron chi connectivity index (χ3n) is 3.46. The Morgan fingerprint density at radius 3 is 2.76 bits per heavy atom. The van der Waals surface area contributed by atoms with E-state index >= 15 is 0 Å². The minimum Gasteiger partial charge on any atom is -0.477 e. The van der Waals surface area contributed by atoms with Crippen molar-refractivity contribution in [3.63, 3.8) is 0 Å². The van der Waals surface area contributed by atoms with Crippen molar-refractivity contribution in [1.82, 2.24) is 9.97 Å². The zero-order valence-electron chi connectivity index (χ0n) is 11.5. The molecule has 2 aromatic heterocycles. The van der Waals surface area contributed by atoms with Gasteiger partial charge in [-0.25, -0.2) is 14.8 Å². The fraction of sp³-hybridized carbons (Fsp3) is 0.357. The van der Waals surface area contributed by atoms with Crippen LogP contribution in [0.4, 0.5) is 10.9 Å². The van der Waals surface area contributed by atoms with E-state index < -0.39 is 5.97 Å². The molecule has 21 heavy (non-hydrogen) atoms. The van der Waals surface area contributed by atoms with Gasteiger partial charge in [-0.3, -0.25) is 0 Å². The van der Waals surface area contributed by atoms with Crippen molar-refractivity contribution in [1.29, 1.82) is 0 Å². The first-order chi connectivity index (χ1) is 10.2.